The van der Waals surface area contributed by atoms with Crippen LogP contribution in [0.15, 0.2) is 5.11 Å². The topological polar surface area (TPSA) is 75.1 Å². The normalized spacial score (nSPS) is 11.1. The van der Waals surface area contributed by atoms with Crippen LogP contribution in [0.2, 0.25) is 0 Å². The van der Waals surface area contributed by atoms with Gasteiger partial charge in [-0.1, -0.05) is 69.3 Å². The van der Waals surface area contributed by atoms with Gasteiger partial charge in [-0.3, -0.25) is 4.79 Å². The fraction of sp³-hybridized carbons (Fsp3) is 0.947. The van der Waals surface area contributed by atoms with Gasteiger partial charge in [0, 0.05) is 17.9 Å². The smallest absolute Gasteiger partial charge is 0.306 e. The zero-order chi connectivity index (χ0) is 18.1. The summed E-state index contributed by atoms with van der Waals surface area (Å²) in [5.41, 5.74) is 7.80. The lowest BCUT2D eigenvalue weighted by atomic mass is 10.0. The molecule has 0 saturated carbocycles. The maximum atomic E-state index is 11.5. The molecule has 0 fully saturated rings. The number of azide groups is 1. The van der Waals surface area contributed by atoms with Crippen LogP contribution in [0.4, 0.5) is 0 Å². The van der Waals surface area contributed by atoms with Gasteiger partial charge >= 0.3 is 5.97 Å². The number of unbranched alkanes of at least 4 members (excludes halogenated alkanes) is 11. The predicted octanol–water partition coefficient (Wildman–Crippen LogP) is 6.71. The third-order valence-electron chi connectivity index (χ3n) is 3.87. The molecule has 0 aromatic heterocycles. The van der Waals surface area contributed by atoms with Crippen LogP contribution in [0.25, 0.3) is 10.4 Å². The second-order valence-electron chi connectivity index (χ2n) is 7.53. The van der Waals surface area contributed by atoms with E-state index in [1.54, 1.807) is 0 Å². The number of hydrogen-bond acceptors (Lipinski definition) is 3. The predicted molar refractivity (Wildman–Crippen MR) is 99.9 cm³/mol. The van der Waals surface area contributed by atoms with Crippen LogP contribution in [0.3, 0.4) is 0 Å². The van der Waals surface area contributed by atoms with E-state index in [1.165, 1.54) is 57.8 Å². The van der Waals surface area contributed by atoms with Crippen LogP contribution in [0.5, 0.6) is 0 Å². The lowest BCUT2D eigenvalue weighted by Crippen LogP contribution is -2.23. The molecule has 0 aliphatic rings. The average Bonchev–Trinajstić information content (AvgIpc) is 2.49. The fourth-order valence-electron chi connectivity index (χ4n) is 2.66. The maximum Gasteiger partial charge on any atom is 0.306 e. The molecule has 5 heteroatoms. The van der Waals surface area contributed by atoms with Crippen molar-refractivity contribution >= 4 is 5.97 Å². The van der Waals surface area contributed by atoms with Gasteiger partial charge in [-0.05, 0) is 39.1 Å². The Morgan fingerprint density at radius 2 is 1.25 bits per heavy atom. The molecule has 0 aromatic rings. The van der Waals surface area contributed by atoms with E-state index < -0.39 is 0 Å². The summed E-state index contributed by atoms with van der Waals surface area (Å²) in [6, 6.07) is 0. The Morgan fingerprint density at radius 1 is 0.833 bits per heavy atom. The number of hydrogen-bond donors (Lipinski definition) is 0. The third-order valence-corrected chi connectivity index (χ3v) is 3.87. The minimum Gasteiger partial charge on any atom is -0.460 e. The Labute approximate surface area is 148 Å². The highest BCUT2D eigenvalue weighted by molar-refractivity contribution is 5.69. The van der Waals surface area contributed by atoms with Crippen molar-refractivity contribution in [1.29, 1.82) is 0 Å². The molecule has 0 radical (unpaired) electrons. The first kappa shape index (κ1) is 22.8. The highest BCUT2D eigenvalue weighted by atomic mass is 16.6. The summed E-state index contributed by atoms with van der Waals surface area (Å²) in [4.78, 5) is 14.3. The van der Waals surface area contributed by atoms with Crippen molar-refractivity contribution < 1.29 is 9.53 Å². The van der Waals surface area contributed by atoms with E-state index in [0.29, 0.717) is 13.0 Å². The van der Waals surface area contributed by atoms with Crippen LogP contribution < -0.4 is 0 Å². The second kappa shape index (κ2) is 15.3. The zero-order valence-corrected chi connectivity index (χ0v) is 16.1. The molecule has 0 amide bonds. The summed E-state index contributed by atoms with van der Waals surface area (Å²) in [5, 5.41) is 3.54. The highest BCUT2D eigenvalue weighted by Gasteiger charge is 2.15. The summed E-state index contributed by atoms with van der Waals surface area (Å²) >= 11 is 0. The molecule has 0 aromatic carbocycles. The summed E-state index contributed by atoms with van der Waals surface area (Å²) in [6.07, 6.45) is 15.2. The Morgan fingerprint density at radius 3 is 1.67 bits per heavy atom. The van der Waals surface area contributed by atoms with Gasteiger partial charge in [0.15, 0.2) is 0 Å². The molecule has 0 spiro atoms. The number of carbonyl (C=O) groups excluding carboxylic acids is 1. The van der Waals surface area contributed by atoms with Crippen LogP contribution in [-0.2, 0) is 9.53 Å². The molecule has 0 saturated heterocycles. The number of rotatable bonds is 15. The molecule has 140 valence electrons. The molecule has 0 aliphatic heterocycles. The average molecular weight is 340 g/mol. The third kappa shape index (κ3) is 18.8. The molecule has 0 N–H and O–H groups in total. The van der Waals surface area contributed by atoms with E-state index in [-0.39, 0.29) is 11.6 Å². The van der Waals surface area contributed by atoms with E-state index in [2.05, 4.69) is 10.0 Å². The van der Waals surface area contributed by atoms with Gasteiger partial charge in [0.25, 0.3) is 0 Å². The molecule has 0 heterocycles. The van der Waals surface area contributed by atoms with Crippen molar-refractivity contribution in [1.82, 2.24) is 0 Å². The van der Waals surface area contributed by atoms with Gasteiger partial charge in [-0.25, -0.2) is 0 Å². The van der Waals surface area contributed by atoms with E-state index in [1.807, 2.05) is 20.8 Å². The van der Waals surface area contributed by atoms with Crippen molar-refractivity contribution in [2.24, 2.45) is 5.11 Å². The van der Waals surface area contributed by atoms with Gasteiger partial charge in [0.05, 0.1) is 0 Å². The monoisotopic (exact) mass is 339 g/mol. The highest BCUT2D eigenvalue weighted by Crippen LogP contribution is 2.14. The molecular weight excluding hydrogens is 302 g/mol. The van der Waals surface area contributed by atoms with E-state index in [9.17, 15) is 4.79 Å². The van der Waals surface area contributed by atoms with Crippen molar-refractivity contribution in [3.8, 4) is 0 Å². The molecule has 5 nitrogen and oxygen atoms in total. The van der Waals surface area contributed by atoms with Gasteiger partial charge < -0.3 is 4.74 Å². The number of nitrogens with zero attached hydrogens (tertiary/aromatic N) is 3. The molecule has 0 bridgehead atoms. The molecule has 0 rings (SSSR count). The van der Waals surface area contributed by atoms with Crippen molar-refractivity contribution in [2.45, 2.75) is 110 Å². The van der Waals surface area contributed by atoms with Crippen LogP contribution in [0, 0.1) is 0 Å². The lowest BCUT2D eigenvalue weighted by molar-refractivity contribution is -0.154. The summed E-state index contributed by atoms with van der Waals surface area (Å²) in [5.74, 6) is -0.0677. The standard InChI is InChI=1S/C19H37N3O2/c1-19(2,3)24-18(23)16-14-12-10-8-6-4-5-7-9-11-13-15-17-21-22-20/h4-17H2,1-3H3. The SMILES string of the molecule is CC(C)(C)OC(=O)CCCCCCCCCCCCCCN=[N+]=[N-]. The number of ether oxygens (including phenoxy) is 1. The number of carbonyl (C=O) groups is 1. The first-order valence-electron chi connectivity index (χ1n) is 9.68. The van der Waals surface area contributed by atoms with Crippen LogP contribution in [-0.4, -0.2) is 18.1 Å². The molecule has 0 atom stereocenters. The van der Waals surface area contributed by atoms with E-state index in [0.717, 1.165) is 19.3 Å². The minimum absolute atomic E-state index is 0.0677. The summed E-state index contributed by atoms with van der Waals surface area (Å²) in [7, 11) is 0. The Balaban J connectivity index is 3.18. The van der Waals surface area contributed by atoms with Gasteiger partial charge in [-0.2, -0.15) is 0 Å². The fourth-order valence-corrected chi connectivity index (χ4v) is 2.66. The van der Waals surface area contributed by atoms with Crippen LogP contribution >= 0.6 is 0 Å². The Hall–Kier alpha value is -1.22. The largest absolute Gasteiger partial charge is 0.460 e. The number of esters is 1. The Kier molecular flexibility index (Phi) is 14.5. The summed E-state index contributed by atoms with van der Waals surface area (Å²) < 4.78 is 5.30. The quantitative estimate of drug-likeness (QED) is 0.109. The molecule has 24 heavy (non-hydrogen) atoms. The van der Waals surface area contributed by atoms with Gasteiger partial charge in [0.2, 0.25) is 0 Å². The Bertz CT molecular complexity index is 358. The van der Waals surface area contributed by atoms with Gasteiger partial charge in [0.1, 0.15) is 5.60 Å². The molecule has 0 unspecified atom stereocenters. The van der Waals surface area contributed by atoms with Gasteiger partial charge in [-0.15, -0.1) is 0 Å². The lowest BCUT2D eigenvalue weighted by Gasteiger charge is -2.19. The maximum absolute atomic E-state index is 11.5. The minimum atomic E-state index is -0.359. The van der Waals surface area contributed by atoms with Crippen molar-refractivity contribution in [2.75, 3.05) is 6.54 Å². The molecular formula is C19H37N3O2. The molecule has 0 aliphatic carbocycles. The van der Waals surface area contributed by atoms with Crippen molar-refractivity contribution in [3.05, 3.63) is 10.4 Å². The summed E-state index contributed by atoms with van der Waals surface area (Å²) in [6.45, 7) is 6.38. The van der Waals surface area contributed by atoms with Crippen molar-refractivity contribution in [3.63, 3.8) is 0 Å². The van der Waals surface area contributed by atoms with E-state index in [4.69, 9.17) is 10.3 Å². The first-order chi connectivity index (χ1) is 11.5. The first-order valence-corrected chi connectivity index (χ1v) is 9.68. The van der Waals surface area contributed by atoms with E-state index >= 15 is 0 Å². The second-order valence-corrected chi connectivity index (χ2v) is 7.53. The zero-order valence-electron chi connectivity index (χ0n) is 16.1. The van der Waals surface area contributed by atoms with Crippen LogP contribution in [0.1, 0.15) is 104 Å².